The van der Waals surface area contributed by atoms with Crippen LogP contribution in [0.15, 0.2) is 46.8 Å². The minimum absolute atomic E-state index is 0.522. The summed E-state index contributed by atoms with van der Waals surface area (Å²) in [5, 5.41) is 0.846. The van der Waals surface area contributed by atoms with Crippen LogP contribution in [-0.2, 0) is 0 Å². The topological polar surface area (TPSA) is 64.7 Å². The van der Waals surface area contributed by atoms with Gasteiger partial charge in [0.2, 0.25) is 0 Å². The molecule has 0 amide bonds. The molecule has 0 aromatic carbocycles. The fraction of sp³-hybridized carbons (Fsp3) is 0. The van der Waals surface area contributed by atoms with Crippen LogP contribution in [0.5, 0.6) is 0 Å². The Bertz CT molecular complexity index is 401. The maximum atomic E-state index is 5.47. The number of anilines is 1. The summed E-state index contributed by atoms with van der Waals surface area (Å²) in [6, 6.07) is 3.67. The molecule has 0 radical (unpaired) electrons. The van der Waals surface area contributed by atoms with E-state index in [1.807, 2.05) is 6.07 Å². The zero-order chi connectivity index (χ0) is 9.80. The van der Waals surface area contributed by atoms with E-state index in [1.54, 1.807) is 30.9 Å². The first-order chi connectivity index (χ1) is 6.84. The van der Waals surface area contributed by atoms with Gasteiger partial charge < -0.3 is 5.73 Å². The van der Waals surface area contributed by atoms with Gasteiger partial charge in [0.25, 0.3) is 0 Å². The summed E-state index contributed by atoms with van der Waals surface area (Å²) in [6.45, 7) is 0. The SMILES string of the molecule is Nc1ccc(Sc2cnccn2)cn1. The van der Waals surface area contributed by atoms with Crippen molar-refractivity contribution in [3.63, 3.8) is 0 Å². The zero-order valence-electron chi connectivity index (χ0n) is 7.29. The largest absolute Gasteiger partial charge is 0.384 e. The van der Waals surface area contributed by atoms with E-state index in [2.05, 4.69) is 15.0 Å². The second-order valence-corrected chi connectivity index (χ2v) is 3.66. The van der Waals surface area contributed by atoms with Crippen molar-refractivity contribution < 1.29 is 0 Å². The molecule has 0 spiro atoms. The second kappa shape index (κ2) is 4.06. The van der Waals surface area contributed by atoms with Crippen LogP contribution >= 0.6 is 11.8 Å². The average molecular weight is 204 g/mol. The lowest BCUT2D eigenvalue weighted by Crippen LogP contribution is -1.88. The van der Waals surface area contributed by atoms with Gasteiger partial charge in [-0.15, -0.1) is 0 Å². The molecule has 0 unspecified atom stereocenters. The van der Waals surface area contributed by atoms with E-state index in [9.17, 15) is 0 Å². The molecular formula is C9H8N4S. The van der Waals surface area contributed by atoms with E-state index in [0.29, 0.717) is 5.82 Å². The standard InChI is InChI=1S/C9H8N4S/c10-8-2-1-7(5-13-8)14-9-6-11-3-4-12-9/h1-6H,(H2,10,13). The number of nitrogens with zero attached hydrogens (tertiary/aromatic N) is 3. The van der Waals surface area contributed by atoms with Crippen LogP contribution in [0, 0.1) is 0 Å². The first-order valence-electron chi connectivity index (χ1n) is 4.00. The second-order valence-electron chi connectivity index (χ2n) is 2.56. The fourth-order valence-corrected chi connectivity index (χ4v) is 1.62. The molecule has 0 aliphatic rings. The molecule has 2 aromatic heterocycles. The third kappa shape index (κ3) is 2.20. The highest BCUT2D eigenvalue weighted by molar-refractivity contribution is 7.99. The number of nitrogens with two attached hydrogens (primary N) is 1. The normalized spacial score (nSPS) is 10.0. The number of pyridine rings is 1. The predicted molar refractivity (Wildman–Crippen MR) is 54.8 cm³/mol. The van der Waals surface area contributed by atoms with E-state index in [-0.39, 0.29) is 0 Å². The van der Waals surface area contributed by atoms with Gasteiger partial charge in [0, 0.05) is 23.5 Å². The van der Waals surface area contributed by atoms with Gasteiger partial charge in [-0.2, -0.15) is 0 Å². The molecule has 0 fully saturated rings. The van der Waals surface area contributed by atoms with Gasteiger partial charge in [0.1, 0.15) is 10.8 Å². The van der Waals surface area contributed by atoms with Crippen LogP contribution in [0.2, 0.25) is 0 Å². The van der Waals surface area contributed by atoms with E-state index in [4.69, 9.17) is 5.73 Å². The van der Waals surface area contributed by atoms with Crippen molar-refractivity contribution in [1.29, 1.82) is 0 Å². The molecule has 2 aromatic rings. The molecule has 0 bridgehead atoms. The summed E-state index contributed by atoms with van der Waals surface area (Å²) < 4.78 is 0. The van der Waals surface area contributed by atoms with Crippen molar-refractivity contribution in [1.82, 2.24) is 15.0 Å². The summed E-state index contributed by atoms with van der Waals surface area (Å²) in [5.74, 6) is 0.522. The van der Waals surface area contributed by atoms with Crippen molar-refractivity contribution in [3.05, 3.63) is 36.9 Å². The van der Waals surface area contributed by atoms with Crippen LogP contribution in [0.4, 0.5) is 5.82 Å². The number of rotatable bonds is 2. The Kier molecular flexibility index (Phi) is 2.60. The Labute approximate surface area is 85.6 Å². The lowest BCUT2D eigenvalue weighted by Gasteiger charge is -1.99. The molecule has 2 heterocycles. The fourth-order valence-electron chi connectivity index (χ4n) is 0.911. The van der Waals surface area contributed by atoms with Gasteiger partial charge in [-0.1, -0.05) is 11.8 Å². The monoisotopic (exact) mass is 204 g/mol. The van der Waals surface area contributed by atoms with Crippen LogP contribution < -0.4 is 5.73 Å². The molecule has 2 rings (SSSR count). The van der Waals surface area contributed by atoms with E-state index in [1.165, 1.54) is 11.8 Å². The first kappa shape index (κ1) is 8.96. The average Bonchev–Trinajstić information content (AvgIpc) is 2.23. The van der Waals surface area contributed by atoms with Crippen molar-refractivity contribution in [2.24, 2.45) is 0 Å². The van der Waals surface area contributed by atoms with Gasteiger partial charge >= 0.3 is 0 Å². The predicted octanol–water partition coefficient (Wildman–Crippen LogP) is 1.60. The molecule has 5 heteroatoms. The van der Waals surface area contributed by atoms with Gasteiger partial charge in [0.05, 0.1) is 6.20 Å². The summed E-state index contributed by atoms with van der Waals surface area (Å²) in [7, 11) is 0. The maximum Gasteiger partial charge on any atom is 0.123 e. The minimum atomic E-state index is 0.522. The highest BCUT2D eigenvalue weighted by Crippen LogP contribution is 2.24. The Morgan fingerprint density at radius 2 is 2.00 bits per heavy atom. The van der Waals surface area contributed by atoms with Crippen LogP contribution in [0.25, 0.3) is 0 Å². The molecule has 0 atom stereocenters. The molecule has 14 heavy (non-hydrogen) atoms. The van der Waals surface area contributed by atoms with Crippen LogP contribution in [0.1, 0.15) is 0 Å². The third-order valence-corrected chi connectivity index (χ3v) is 2.42. The molecule has 0 aliphatic carbocycles. The number of aromatic nitrogens is 3. The first-order valence-corrected chi connectivity index (χ1v) is 4.81. The maximum absolute atomic E-state index is 5.47. The van der Waals surface area contributed by atoms with Crippen molar-refractivity contribution in [3.8, 4) is 0 Å². The Morgan fingerprint density at radius 1 is 1.07 bits per heavy atom. The van der Waals surface area contributed by atoms with Gasteiger partial charge in [0.15, 0.2) is 0 Å². The minimum Gasteiger partial charge on any atom is -0.384 e. The highest BCUT2D eigenvalue weighted by atomic mass is 32.2. The van der Waals surface area contributed by atoms with Gasteiger partial charge in [-0.25, -0.2) is 9.97 Å². The smallest absolute Gasteiger partial charge is 0.123 e. The van der Waals surface area contributed by atoms with Crippen molar-refractivity contribution in [2.75, 3.05) is 5.73 Å². The summed E-state index contributed by atoms with van der Waals surface area (Å²) in [4.78, 5) is 13.1. The summed E-state index contributed by atoms with van der Waals surface area (Å²) in [6.07, 6.45) is 6.73. The lowest BCUT2D eigenvalue weighted by atomic mass is 10.5. The summed E-state index contributed by atoms with van der Waals surface area (Å²) >= 11 is 1.50. The molecule has 4 nitrogen and oxygen atoms in total. The van der Waals surface area contributed by atoms with Crippen LogP contribution in [0.3, 0.4) is 0 Å². The summed E-state index contributed by atoms with van der Waals surface area (Å²) in [5.41, 5.74) is 5.47. The van der Waals surface area contributed by atoms with E-state index in [0.717, 1.165) is 9.92 Å². The Morgan fingerprint density at radius 3 is 2.64 bits per heavy atom. The molecule has 2 N–H and O–H groups in total. The van der Waals surface area contributed by atoms with Crippen molar-refractivity contribution in [2.45, 2.75) is 9.92 Å². The van der Waals surface area contributed by atoms with E-state index >= 15 is 0 Å². The third-order valence-electron chi connectivity index (χ3n) is 1.52. The number of nitrogen functional groups attached to an aromatic ring is 1. The molecule has 0 saturated carbocycles. The molecule has 70 valence electrons. The molecule has 0 aliphatic heterocycles. The number of hydrogen-bond donors (Lipinski definition) is 1. The van der Waals surface area contributed by atoms with E-state index < -0.39 is 0 Å². The quantitative estimate of drug-likeness (QED) is 0.805. The Hall–Kier alpha value is -1.62. The van der Waals surface area contributed by atoms with Crippen LogP contribution in [-0.4, -0.2) is 15.0 Å². The molecular weight excluding hydrogens is 196 g/mol. The Balaban J connectivity index is 2.16. The molecule has 0 saturated heterocycles. The lowest BCUT2D eigenvalue weighted by molar-refractivity contribution is 1.05. The number of hydrogen-bond acceptors (Lipinski definition) is 5. The van der Waals surface area contributed by atoms with Crippen molar-refractivity contribution >= 4 is 17.6 Å². The highest BCUT2D eigenvalue weighted by Gasteiger charge is 1.97. The van der Waals surface area contributed by atoms with Gasteiger partial charge in [-0.05, 0) is 12.1 Å². The zero-order valence-corrected chi connectivity index (χ0v) is 8.11. The van der Waals surface area contributed by atoms with Gasteiger partial charge in [-0.3, -0.25) is 4.98 Å².